The van der Waals surface area contributed by atoms with Crippen LogP contribution in [0.1, 0.15) is 31.9 Å². The third-order valence-corrected chi connectivity index (χ3v) is 11.8. The molecule has 0 radical (unpaired) electrons. The Bertz CT molecular complexity index is 1180. The standard InChI is InChI=1S/C28H36N3O2Si/c1-27(2,3)34(5,6)33-21-28(25-15-11-8-12-16-25)19-24(23-13-9-7-10-14-23)20-31(28)26(32)30-18-17-29(4)22-30/h7-19,22H,20-21H2,1-6H3/q+1/t28-/m1/s1. The Balaban J connectivity index is 1.85. The summed E-state index contributed by atoms with van der Waals surface area (Å²) < 4.78 is 10.4. The molecule has 1 atom stereocenters. The van der Waals surface area contributed by atoms with E-state index >= 15 is 0 Å². The third kappa shape index (κ3) is 4.52. The second-order valence-electron chi connectivity index (χ2n) is 10.7. The number of aromatic nitrogens is 2. The smallest absolute Gasteiger partial charge is 0.414 e. The van der Waals surface area contributed by atoms with Gasteiger partial charge in [-0.25, -0.2) is 9.36 Å². The van der Waals surface area contributed by atoms with Gasteiger partial charge in [-0.1, -0.05) is 81.4 Å². The molecule has 34 heavy (non-hydrogen) atoms. The SMILES string of the molecule is C[n+]1ccn(C(=O)N2CC(c3ccccc3)=C[C@@]2(CO[Si](C)(C)C(C)(C)C)c2ccccc2)c1. The summed E-state index contributed by atoms with van der Waals surface area (Å²) in [5.41, 5.74) is 2.61. The first-order valence-corrected chi connectivity index (χ1v) is 14.8. The molecule has 1 aliphatic heterocycles. The topological polar surface area (TPSA) is 38.3 Å². The fourth-order valence-corrected chi connectivity index (χ4v) is 5.18. The lowest BCUT2D eigenvalue weighted by atomic mass is 9.89. The van der Waals surface area contributed by atoms with Crippen LogP contribution in [-0.2, 0) is 17.0 Å². The molecule has 0 spiro atoms. The van der Waals surface area contributed by atoms with E-state index in [0.717, 1.165) is 16.7 Å². The maximum atomic E-state index is 13.9. The molecular weight excluding hydrogens is 438 g/mol. The number of hydrogen-bond acceptors (Lipinski definition) is 2. The lowest BCUT2D eigenvalue weighted by Crippen LogP contribution is -2.53. The molecule has 1 aliphatic rings. The summed E-state index contributed by atoms with van der Waals surface area (Å²) in [5.74, 6) is 0. The lowest BCUT2D eigenvalue weighted by molar-refractivity contribution is -0.670. The molecule has 5 nitrogen and oxygen atoms in total. The summed E-state index contributed by atoms with van der Waals surface area (Å²) in [6.07, 6.45) is 7.77. The van der Waals surface area contributed by atoms with Gasteiger partial charge in [-0.05, 0) is 40.9 Å². The number of benzene rings is 2. The van der Waals surface area contributed by atoms with Crippen molar-refractivity contribution in [3.8, 4) is 0 Å². The number of aryl methyl sites for hydroxylation is 1. The molecule has 2 aromatic carbocycles. The predicted octanol–water partition coefficient (Wildman–Crippen LogP) is 5.60. The molecule has 4 rings (SSSR count). The normalized spacial score (nSPS) is 18.8. The molecule has 2 heterocycles. The average Bonchev–Trinajstić information content (AvgIpc) is 3.43. The number of nitrogens with zero attached hydrogens (tertiary/aromatic N) is 3. The van der Waals surface area contributed by atoms with Crippen molar-refractivity contribution in [3.63, 3.8) is 0 Å². The molecule has 3 aromatic rings. The van der Waals surface area contributed by atoms with E-state index in [2.05, 4.69) is 64.2 Å². The van der Waals surface area contributed by atoms with Crippen LogP contribution in [-0.4, -0.2) is 37.0 Å². The number of carbonyl (C=O) groups excluding carboxylic acids is 1. The summed E-state index contributed by atoms with van der Waals surface area (Å²) in [7, 11) is -0.148. The fraction of sp³-hybridized carbons (Fsp3) is 0.357. The summed E-state index contributed by atoms with van der Waals surface area (Å²) in [5, 5.41) is 0.0679. The van der Waals surface area contributed by atoms with Crippen molar-refractivity contribution in [1.82, 2.24) is 9.47 Å². The van der Waals surface area contributed by atoms with Gasteiger partial charge in [-0.2, -0.15) is 4.57 Å². The maximum Gasteiger partial charge on any atom is 0.417 e. The van der Waals surface area contributed by atoms with Gasteiger partial charge in [0, 0.05) is 0 Å². The van der Waals surface area contributed by atoms with Gasteiger partial charge in [-0.3, -0.25) is 4.90 Å². The van der Waals surface area contributed by atoms with E-state index in [9.17, 15) is 4.79 Å². The summed E-state index contributed by atoms with van der Waals surface area (Å²) >= 11 is 0. The van der Waals surface area contributed by atoms with E-state index in [1.54, 1.807) is 4.57 Å². The summed E-state index contributed by atoms with van der Waals surface area (Å²) in [4.78, 5) is 15.9. The van der Waals surface area contributed by atoms with Gasteiger partial charge in [0.25, 0.3) is 6.33 Å². The number of carbonyl (C=O) groups is 1. The molecule has 0 saturated carbocycles. The van der Waals surface area contributed by atoms with E-state index < -0.39 is 13.9 Å². The minimum Gasteiger partial charge on any atom is -0.414 e. The second-order valence-corrected chi connectivity index (χ2v) is 15.5. The van der Waals surface area contributed by atoms with Gasteiger partial charge < -0.3 is 4.43 Å². The van der Waals surface area contributed by atoms with E-state index in [0.29, 0.717) is 13.2 Å². The van der Waals surface area contributed by atoms with Crippen molar-refractivity contribution in [1.29, 1.82) is 0 Å². The van der Waals surface area contributed by atoms with Crippen LogP contribution in [0, 0.1) is 0 Å². The Morgan fingerprint density at radius 3 is 2.24 bits per heavy atom. The zero-order valence-corrected chi connectivity index (χ0v) is 22.2. The number of rotatable bonds is 5. The first kappa shape index (κ1) is 24.2. The first-order valence-electron chi connectivity index (χ1n) is 11.9. The van der Waals surface area contributed by atoms with Crippen LogP contribution < -0.4 is 4.57 Å². The van der Waals surface area contributed by atoms with Gasteiger partial charge >= 0.3 is 6.03 Å². The van der Waals surface area contributed by atoms with Gasteiger partial charge in [-0.15, -0.1) is 0 Å². The van der Waals surface area contributed by atoms with E-state index in [4.69, 9.17) is 4.43 Å². The van der Waals surface area contributed by atoms with Crippen LogP contribution in [0.25, 0.3) is 5.57 Å². The maximum absolute atomic E-state index is 13.9. The molecule has 0 bridgehead atoms. The third-order valence-electron chi connectivity index (χ3n) is 7.32. The Kier molecular flexibility index (Phi) is 6.40. The van der Waals surface area contributed by atoms with E-state index in [-0.39, 0.29) is 11.1 Å². The van der Waals surface area contributed by atoms with Crippen molar-refractivity contribution in [2.24, 2.45) is 7.05 Å². The molecule has 178 valence electrons. The highest BCUT2D eigenvalue weighted by atomic mass is 28.4. The van der Waals surface area contributed by atoms with E-state index in [1.807, 2.05) is 71.6 Å². The Morgan fingerprint density at radius 2 is 1.68 bits per heavy atom. The Hall–Kier alpha value is -2.96. The van der Waals surface area contributed by atoms with Crippen LogP contribution in [0.2, 0.25) is 18.1 Å². The van der Waals surface area contributed by atoms with Crippen LogP contribution in [0.15, 0.2) is 85.5 Å². The highest BCUT2D eigenvalue weighted by molar-refractivity contribution is 6.74. The van der Waals surface area contributed by atoms with Gasteiger partial charge in [0.2, 0.25) is 0 Å². The van der Waals surface area contributed by atoms with Crippen LogP contribution in [0.3, 0.4) is 0 Å². The molecule has 1 aromatic heterocycles. The van der Waals surface area contributed by atoms with Crippen molar-refractivity contribution in [2.75, 3.05) is 13.2 Å². The zero-order chi connectivity index (χ0) is 24.6. The van der Waals surface area contributed by atoms with E-state index in [1.165, 1.54) is 0 Å². The Morgan fingerprint density at radius 1 is 1.06 bits per heavy atom. The minimum atomic E-state index is -2.07. The van der Waals surface area contributed by atoms with Crippen molar-refractivity contribution in [3.05, 3.63) is 96.6 Å². The Labute approximate surface area is 204 Å². The molecule has 6 heteroatoms. The van der Waals surface area contributed by atoms with Gasteiger partial charge in [0.05, 0.1) is 20.2 Å². The molecule has 0 unspecified atom stereocenters. The van der Waals surface area contributed by atoms with Crippen LogP contribution >= 0.6 is 0 Å². The molecular formula is C28H36N3O2Si+. The minimum absolute atomic E-state index is 0.0644. The van der Waals surface area contributed by atoms with Crippen LogP contribution in [0.4, 0.5) is 4.79 Å². The average molecular weight is 475 g/mol. The number of amides is 1. The largest absolute Gasteiger partial charge is 0.417 e. The van der Waals surface area contributed by atoms with Gasteiger partial charge in [0.15, 0.2) is 8.32 Å². The summed E-state index contributed by atoms with van der Waals surface area (Å²) in [6, 6.07) is 20.6. The second kappa shape index (κ2) is 9.00. The molecule has 0 fully saturated rings. The highest BCUT2D eigenvalue weighted by Crippen LogP contribution is 2.44. The molecule has 1 amide bonds. The fourth-order valence-electron chi connectivity index (χ4n) is 4.17. The lowest BCUT2D eigenvalue weighted by Gasteiger charge is -2.42. The molecule has 0 aliphatic carbocycles. The monoisotopic (exact) mass is 474 g/mol. The van der Waals surface area contributed by atoms with Crippen molar-refractivity contribution >= 4 is 19.9 Å². The number of imidazole rings is 1. The zero-order valence-electron chi connectivity index (χ0n) is 21.2. The van der Waals surface area contributed by atoms with Gasteiger partial charge in [0.1, 0.15) is 17.9 Å². The van der Waals surface area contributed by atoms with Crippen LogP contribution in [0.5, 0.6) is 0 Å². The van der Waals surface area contributed by atoms with Crippen molar-refractivity contribution in [2.45, 2.75) is 44.4 Å². The first-order chi connectivity index (χ1) is 16.0. The number of hydrogen-bond donors (Lipinski definition) is 0. The highest BCUT2D eigenvalue weighted by Gasteiger charge is 2.49. The summed E-state index contributed by atoms with van der Waals surface area (Å²) in [6.45, 7) is 12.2. The predicted molar refractivity (Wildman–Crippen MR) is 139 cm³/mol. The molecule has 0 saturated heterocycles. The van der Waals surface area contributed by atoms with Crippen molar-refractivity contribution < 1.29 is 13.8 Å². The molecule has 0 N–H and O–H groups in total. The quantitative estimate of drug-likeness (QED) is 0.357.